The number of piperazine rings is 1. The quantitative estimate of drug-likeness (QED) is 0.820. The van der Waals surface area contributed by atoms with E-state index in [0.29, 0.717) is 6.54 Å². The van der Waals surface area contributed by atoms with Gasteiger partial charge >= 0.3 is 0 Å². The second-order valence-corrected chi connectivity index (χ2v) is 5.46. The maximum atomic E-state index is 12.4. The van der Waals surface area contributed by atoms with Crippen LogP contribution in [0.4, 0.5) is 0 Å². The third kappa shape index (κ3) is 2.53. The Morgan fingerprint density at radius 1 is 1.20 bits per heavy atom. The van der Waals surface area contributed by atoms with Crippen LogP contribution in [0, 0.1) is 0 Å². The van der Waals surface area contributed by atoms with Gasteiger partial charge in [-0.3, -0.25) is 14.6 Å². The lowest BCUT2D eigenvalue weighted by Gasteiger charge is -2.42. The first kappa shape index (κ1) is 13.1. The highest BCUT2D eigenvalue weighted by Gasteiger charge is 2.39. The zero-order chi connectivity index (χ0) is 13.9. The summed E-state index contributed by atoms with van der Waals surface area (Å²) >= 11 is 0. The van der Waals surface area contributed by atoms with Crippen LogP contribution in [0.15, 0.2) is 24.5 Å². The summed E-state index contributed by atoms with van der Waals surface area (Å²) in [6.07, 6.45) is 7.15. The minimum absolute atomic E-state index is 0.101. The van der Waals surface area contributed by atoms with Gasteiger partial charge in [0, 0.05) is 25.5 Å². The number of aromatic nitrogens is 1. The van der Waals surface area contributed by atoms with E-state index in [2.05, 4.69) is 4.98 Å². The van der Waals surface area contributed by atoms with Crippen molar-refractivity contribution >= 4 is 11.8 Å². The average molecular weight is 273 g/mol. The molecule has 2 amide bonds. The van der Waals surface area contributed by atoms with Gasteiger partial charge in [0.15, 0.2) is 0 Å². The van der Waals surface area contributed by atoms with Crippen LogP contribution in [-0.4, -0.2) is 52.3 Å². The van der Waals surface area contributed by atoms with Crippen LogP contribution in [0.5, 0.6) is 0 Å². The molecule has 0 bridgehead atoms. The maximum Gasteiger partial charge on any atom is 0.245 e. The Morgan fingerprint density at radius 2 is 2.00 bits per heavy atom. The van der Waals surface area contributed by atoms with E-state index in [0.717, 1.165) is 37.8 Å². The highest BCUT2D eigenvalue weighted by molar-refractivity contribution is 5.95. The van der Waals surface area contributed by atoms with Gasteiger partial charge in [-0.25, -0.2) is 0 Å². The monoisotopic (exact) mass is 273 g/mol. The lowest BCUT2D eigenvalue weighted by atomic mass is 9.98. The molecule has 0 aromatic carbocycles. The summed E-state index contributed by atoms with van der Waals surface area (Å²) < 4.78 is 0. The number of nitrogens with zero attached hydrogens (tertiary/aromatic N) is 3. The molecule has 3 rings (SSSR count). The van der Waals surface area contributed by atoms with Crippen molar-refractivity contribution < 1.29 is 9.59 Å². The number of rotatable bonds is 3. The molecule has 0 N–H and O–H groups in total. The van der Waals surface area contributed by atoms with Gasteiger partial charge in [0.05, 0.1) is 6.54 Å². The number of piperidine rings is 1. The van der Waals surface area contributed by atoms with Crippen molar-refractivity contribution in [1.29, 1.82) is 0 Å². The van der Waals surface area contributed by atoms with Crippen LogP contribution in [0.2, 0.25) is 0 Å². The highest BCUT2D eigenvalue weighted by atomic mass is 16.2. The Balaban J connectivity index is 1.65. The van der Waals surface area contributed by atoms with Crippen molar-refractivity contribution in [3.05, 3.63) is 30.1 Å². The van der Waals surface area contributed by atoms with Crippen LogP contribution >= 0.6 is 0 Å². The third-order valence-corrected chi connectivity index (χ3v) is 4.17. The van der Waals surface area contributed by atoms with Gasteiger partial charge in [-0.05, 0) is 43.4 Å². The molecule has 5 nitrogen and oxygen atoms in total. The fourth-order valence-corrected chi connectivity index (χ4v) is 3.03. The lowest BCUT2D eigenvalue weighted by molar-refractivity contribution is -0.157. The number of hydrogen-bond donors (Lipinski definition) is 0. The molecule has 2 aliphatic rings. The molecular formula is C15H19N3O2. The van der Waals surface area contributed by atoms with Gasteiger partial charge in [-0.15, -0.1) is 0 Å². The molecular weight excluding hydrogens is 254 g/mol. The number of carbonyl (C=O) groups is 2. The largest absolute Gasteiger partial charge is 0.331 e. The first-order valence-electron chi connectivity index (χ1n) is 7.23. The molecule has 0 radical (unpaired) electrons. The Kier molecular flexibility index (Phi) is 3.67. The summed E-state index contributed by atoms with van der Waals surface area (Å²) in [6.45, 7) is 1.59. The van der Waals surface area contributed by atoms with Gasteiger partial charge in [0.1, 0.15) is 6.04 Å². The van der Waals surface area contributed by atoms with Crippen molar-refractivity contribution in [3.8, 4) is 0 Å². The first-order valence-corrected chi connectivity index (χ1v) is 7.23. The van der Waals surface area contributed by atoms with E-state index in [1.54, 1.807) is 22.2 Å². The fourth-order valence-electron chi connectivity index (χ4n) is 3.03. The minimum Gasteiger partial charge on any atom is -0.331 e. The van der Waals surface area contributed by atoms with Gasteiger partial charge in [0.2, 0.25) is 11.8 Å². The van der Waals surface area contributed by atoms with Crippen LogP contribution in [0.1, 0.15) is 24.8 Å². The predicted octanol–water partition coefficient (Wildman–Crippen LogP) is 0.847. The van der Waals surface area contributed by atoms with Gasteiger partial charge in [-0.2, -0.15) is 0 Å². The average Bonchev–Trinajstić information content (AvgIpc) is 2.50. The zero-order valence-electron chi connectivity index (χ0n) is 11.5. The summed E-state index contributed by atoms with van der Waals surface area (Å²) in [5, 5.41) is 0. The van der Waals surface area contributed by atoms with Gasteiger partial charge in [0.25, 0.3) is 0 Å². The van der Waals surface area contributed by atoms with Crippen LogP contribution in [0.25, 0.3) is 0 Å². The van der Waals surface area contributed by atoms with Crippen molar-refractivity contribution in [2.45, 2.75) is 31.7 Å². The van der Waals surface area contributed by atoms with E-state index in [-0.39, 0.29) is 24.4 Å². The Labute approximate surface area is 118 Å². The maximum absolute atomic E-state index is 12.4. The number of hydrogen-bond acceptors (Lipinski definition) is 3. The van der Waals surface area contributed by atoms with Crippen molar-refractivity contribution in [2.75, 3.05) is 19.6 Å². The molecule has 0 saturated carbocycles. The van der Waals surface area contributed by atoms with E-state index in [9.17, 15) is 9.59 Å². The molecule has 0 aliphatic carbocycles. The lowest BCUT2D eigenvalue weighted by Crippen LogP contribution is -2.61. The summed E-state index contributed by atoms with van der Waals surface area (Å²) in [4.78, 5) is 32.0. The summed E-state index contributed by atoms with van der Waals surface area (Å²) in [7, 11) is 0. The number of carbonyl (C=O) groups excluding carboxylic acids is 2. The SMILES string of the molecule is O=C1C2CCCCN2C(=O)CN1CCc1ccncc1. The molecule has 1 aromatic rings. The smallest absolute Gasteiger partial charge is 0.245 e. The van der Waals surface area contributed by atoms with E-state index in [1.165, 1.54) is 0 Å². The Morgan fingerprint density at radius 3 is 2.80 bits per heavy atom. The molecule has 1 aromatic heterocycles. The summed E-state index contributed by atoms with van der Waals surface area (Å²) in [6, 6.07) is 3.69. The molecule has 0 spiro atoms. The number of fused-ring (bicyclic) bond motifs is 1. The van der Waals surface area contributed by atoms with E-state index >= 15 is 0 Å². The van der Waals surface area contributed by atoms with Crippen molar-refractivity contribution in [3.63, 3.8) is 0 Å². The van der Waals surface area contributed by atoms with E-state index in [4.69, 9.17) is 0 Å². The Bertz CT molecular complexity index is 503. The predicted molar refractivity (Wildman–Crippen MR) is 73.9 cm³/mol. The number of pyridine rings is 1. The molecule has 3 heterocycles. The second-order valence-electron chi connectivity index (χ2n) is 5.46. The highest BCUT2D eigenvalue weighted by Crippen LogP contribution is 2.23. The van der Waals surface area contributed by atoms with Gasteiger partial charge < -0.3 is 9.80 Å². The molecule has 2 fully saturated rings. The molecule has 2 saturated heterocycles. The molecule has 1 atom stereocenters. The zero-order valence-corrected chi connectivity index (χ0v) is 11.5. The number of amides is 2. The van der Waals surface area contributed by atoms with Crippen LogP contribution in [0.3, 0.4) is 0 Å². The normalized spacial score (nSPS) is 22.9. The van der Waals surface area contributed by atoms with E-state index < -0.39 is 0 Å². The molecule has 5 heteroatoms. The minimum atomic E-state index is -0.206. The Hall–Kier alpha value is -1.91. The third-order valence-electron chi connectivity index (χ3n) is 4.17. The molecule has 20 heavy (non-hydrogen) atoms. The second kappa shape index (κ2) is 5.61. The van der Waals surface area contributed by atoms with Crippen molar-refractivity contribution in [2.24, 2.45) is 0 Å². The van der Waals surface area contributed by atoms with Crippen molar-refractivity contribution in [1.82, 2.24) is 14.8 Å². The summed E-state index contributed by atoms with van der Waals surface area (Å²) in [5.74, 6) is 0.224. The fraction of sp³-hybridized carbons (Fsp3) is 0.533. The van der Waals surface area contributed by atoms with Gasteiger partial charge in [-0.1, -0.05) is 0 Å². The molecule has 2 aliphatic heterocycles. The summed E-state index contributed by atoms with van der Waals surface area (Å²) in [5.41, 5.74) is 1.14. The standard InChI is InChI=1S/C15H19N3O2/c19-14-11-17(10-6-12-4-7-16-8-5-12)15(20)13-3-1-2-9-18(13)14/h4-5,7-8,13H,1-3,6,9-11H2. The molecule has 1 unspecified atom stereocenters. The first-order chi connectivity index (χ1) is 9.75. The topological polar surface area (TPSA) is 53.5 Å². The van der Waals surface area contributed by atoms with E-state index in [1.807, 2.05) is 12.1 Å². The van der Waals surface area contributed by atoms with Crippen LogP contribution in [-0.2, 0) is 16.0 Å². The molecule has 106 valence electrons. The van der Waals surface area contributed by atoms with Crippen LogP contribution < -0.4 is 0 Å².